The Hall–Kier alpha value is -1.58. The summed E-state index contributed by atoms with van der Waals surface area (Å²) in [7, 11) is 0. The van der Waals surface area contributed by atoms with Crippen molar-refractivity contribution < 1.29 is 4.42 Å². The summed E-state index contributed by atoms with van der Waals surface area (Å²) < 4.78 is 6.95. The van der Waals surface area contributed by atoms with Crippen molar-refractivity contribution in [1.29, 1.82) is 0 Å². The van der Waals surface area contributed by atoms with E-state index in [4.69, 9.17) is 4.42 Å². The van der Waals surface area contributed by atoms with E-state index < -0.39 is 0 Å². The van der Waals surface area contributed by atoms with Crippen molar-refractivity contribution in [1.82, 2.24) is 5.32 Å². The molecule has 1 aromatic heterocycles. The summed E-state index contributed by atoms with van der Waals surface area (Å²) in [4.78, 5) is 0. The Balaban J connectivity index is 1.75. The predicted octanol–water partition coefficient (Wildman–Crippen LogP) is 5.22. The fourth-order valence-corrected chi connectivity index (χ4v) is 2.67. The van der Waals surface area contributed by atoms with E-state index in [0.717, 1.165) is 21.2 Å². The summed E-state index contributed by atoms with van der Waals surface area (Å²) in [5, 5.41) is 4.71. The monoisotopic (exact) mass is 343 g/mol. The number of fused-ring (bicyclic) bond motifs is 1. The highest BCUT2D eigenvalue weighted by Gasteiger charge is 2.20. The van der Waals surface area contributed by atoms with Crippen LogP contribution in [0, 0.1) is 0 Å². The molecule has 21 heavy (non-hydrogen) atoms. The lowest BCUT2D eigenvalue weighted by Gasteiger charge is -2.26. The van der Waals surface area contributed by atoms with Crippen LogP contribution in [0.4, 0.5) is 0 Å². The number of halogens is 1. The van der Waals surface area contributed by atoms with Gasteiger partial charge in [0.05, 0.1) is 6.54 Å². The second kappa shape index (κ2) is 5.66. The van der Waals surface area contributed by atoms with Crippen molar-refractivity contribution in [2.75, 3.05) is 0 Å². The molecule has 2 nitrogen and oxygen atoms in total. The third kappa shape index (κ3) is 3.20. The molecule has 0 unspecified atom stereocenters. The van der Waals surface area contributed by atoms with Crippen LogP contribution in [-0.4, -0.2) is 0 Å². The third-order valence-corrected chi connectivity index (χ3v) is 4.28. The van der Waals surface area contributed by atoms with Crippen molar-refractivity contribution in [3.05, 3.63) is 70.4 Å². The first-order valence-electron chi connectivity index (χ1n) is 7.03. The topological polar surface area (TPSA) is 25.2 Å². The van der Waals surface area contributed by atoms with Crippen molar-refractivity contribution in [2.45, 2.75) is 25.9 Å². The summed E-state index contributed by atoms with van der Waals surface area (Å²) in [6.45, 7) is 5.07. The van der Waals surface area contributed by atoms with Crippen LogP contribution in [0.5, 0.6) is 0 Å². The number of hydrogen-bond donors (Lipinski definition) is 1. The Morgan fingerprint density at radius 1 is 1.05 bits per heavy atom. The number of hydrogen-bond acceptors (Lipinski definition) is 2. The van der Waals surface area contributed by atoms with E-state index in [2.05, 4.69) is 71.5 Å². The minimum atomic E-state index is -0.111. The molecule has 0 atom stereocenters. The van der Waals surface area contributed by atoms with Gasteiger partial charge in [-0.1, -0.05) is 46.3 Å². The van der Waals surface area contributed by atoms with Crippen LogP contribution < -0.4 is 5.32 Å². The van der Waals surface area contributed by atoms with Crippen LogP contribution in [0.3, 0.4) is 0 Å². The molecule has 1 heterocycles. The lowest BCUT2D eigenvalue weighted by molar-refractivity contribution is 0.376. The van der Waals surface area contributed by atoms with Gasteiger partial charge >= 0.3 is 0 Å². The maximum atomic E-state index is 5.85. The normalized spacial score (nSPS) is 12.0. The van der Waals surface area contributed by atoms with Gasteiger partial charge in [0.15, 0.2) is 0 Å². The average Bonchev–Trinajstić information content (AvgIpc) is 2.89. The van der Waals surface area contributed by atoms with Gasteiger partial charge < -0.3 is 9.73 Å². The molecule has 0 saturated heterocycles. The van der Waals surface area contributed by atoms with Gasteiger partial charge in [-0.2, -0.15) is 0 Å². The van der Waals surface area contributed by atoms with Gasteiger partial charge in [-0.05, 0) is 43.7 Å². The van der Waals surface area contributed by atoms with Gasteiger partial charge in [0.25, 0.3) is 0 Å². The second-order valence-corrected chi connectivity index (χ2v) is 6.65. The molecular weight excluding hydrogens is 326 g/mol. The zero-order valence-corrected chi connectivity index (χ0v) is 13.8. The Morgan fingerprint density at radius 2 is 1.76 bits per heavy atom. The highest BCUT2D eigenvalue weighted by atomic mass is 79.9. The standard InChI is InChI=1S/C18H18BrNO/c1-18(2,14-7-9-15(19)10-8-14)20-12-16-11-13-5-3-4-6-17(13)21-16/h3-11,20H,12H2,1-2H3. The largest absolute Gasteiger partial charge is 0.460 e. The maximum Gasteiger partial charge on any atom is 0.134 e. The third-order valence-electron chi connectivity index (χ3n) is 3.75. The van der Waals surface area contributed by atoms with Gasteiger partial charge in [0.2, 0.25) is 0 Å². The van der Waals surface area contributed by atoms with Crippen LogP contribution in [0.15, 0.2) is 63.5 Å². The lowest BCUT2D eigenvalue weighted by Crippen LogP contribution is -2.35. The van der Waals surface area contributed by atoms with Crippen LogP contribution in [0.2, 0.25) is 0 Å². The molecule has 0 aliphatic carbocycles. The van der Waals surface area contributed by atoms with Gasteiger partial charge in [0, 0.05) is 15.4 Å². The van der Waals surface area contributed by atoms with Crippen molar-refractivity contribution in [3.8, 4) is 0 Å². The van der Waals surface area contributed by atoms with E-state index in [0.29, 0.717) is 6.54 Å². The Labute approximate surface area is 133 Å². The molecule has 1 N–H and O–H groups in total. The molecule has 0 bridgehead atoms. The molecule has 0 amide bonds. The first-order valence-corrected chi connectivity index (χ1v) is 7.82. The second-order valence-electron chi connectivity index (χ2n) is 5.74. The van der Waals surface area contributed by atoms with Crippen molar-refractivity contribution in [3.63, 3.8) is 0 Å². The fraction of sp³-hybridized carbons (Fsp3) is 0.222. The van der Waals surface area contributed by atoms with E-state index in [1.54, 1.807) is 0 Å². The Bertz CT molecular complexity index is 710. The fourth-order valence-electron chi connectivity index (χ4n) is 2.40. The highest BCUT2D eigenvalue weighted by molar-refractivity contribution is 9.10. The zero-order chi connectivity index (χ0) is 14.9. The summed E-state index contributed by atoms with van der Waals surface area (Å²) >= 11 is 3.47. The summed E-state index contributed by atoms with van der Waals surface area (Å²) in [6.07, 6.45) is 0. The SMILES string of the molecule is CC(C)(NCc1cc2ccccc2o1)c1ccc(Br)cc1. The number of nitrogens with one attached hydrogen (secondary N) is 1. The Morgan fingerprint density at radius 3 is 2.48 bits per heavy atom. The summed E-state index contributed by atoms with van der Waals surface area (Å²) in [5.41, 5.74) is 2.08. The first kappa shape index (κ1) is 14.4. The lowest BCUT2D eigenvalue weighted by atomic mass is 9.94. The quantitative estimate of drug-likeness (QED) is 0.702. The van der Waals surface area contributed by atoms with E-state index >= 15 is 0 Å². The van der Waals surface area contributed by atoms with Crippen LogP contribution in [0.25, 0.3) is 11.0 Å². The number of rotatable bonds is 4. The van der Waals surface area contributed by atoms with Gasteiger partial charge in [-0.15, -0.1) is 0 Å². The smallest absolute Gasteiger partial charge is 0.134 e. The van der Waals surface area contributed by atoms with E-state index in [9.17, 15) is 0 Å². The molecule has 0 radical (unpaired) electrons. The highest BCUT2D eigenvalue weighted by Crippen LogP contribution is 2.24. The molecular formula is C18H18BrNO. The zero-order valence-electron chi connectivity index (χ0n) is 12.2. The van der Waals surface area contributed by atoms with E-state index in [-0.39, 0.29) is 5.54 Å². The van der Waals surface area contributed by atoms with Crippen LogP contribution >= 0.6 is 15.9 Å². The van der Waals surface area contributed by atoms with Gasteiger partial charge in [-0.3, -0.25) is 0 Å². The van der Waals surface area contributed by atoms with Crippen molar-refractivity contribution in [2.24, 2.45) is 0 Å². The summed E-state index contributed by atoms with van der Waals surface area (Å²) in [6, 6.07) is 18.6. The molecule has 0 spiro atoms. The maximum absolute atomic E-state index is 5.85. The van der Waals surface area contributed by atoms with Crippen molar-refractivity contribution >= 4 is 26.9 Å². The van der Waals surface area contributed by atoms with Gasteiger partial charge in [0.1, 0.15) is 11.3 Å². The molecule has 0 aliphatic heterocycles. The van der Waals surface area contributed by atoms with Crippen LogP contribution in [0.1, 0.15) is 25.2 Å². The molecule has 3 aromatic rings. The molecule has 0 saturated carbocycles. The first-order chi connectivity index (χ1) is 10.0. The molecule has 2 aromatic carbocycles. The van der Waals surface area contributed by atoms with E-state index in [1.807, 2.05) is 18.2 Å². The molecule has 0 aliphatic rings. The molecule has 0 fully saturated rings. The minimum absolute atomic E-state index is 0.111. The number of furan rings is 1. The minimum Gasteiger partial charge on any atom is -0.460 e. The van der Waals surface area contributed by atoms with E-state index in [1.165, 1.54) is 5.56 Å². The average molecular weight is 344 g/mol. The molecule has 3 heteroatoms. The van der Waals surface area contributed by atoms with Gasteiger partial charge in [-0.25, -0.2) is 0 Å². The van der Waals surface area contributed by atoms with Crippen LogP contribution in [-0.2, 0) is 12.1 Å². The molecule has 108 valence electrons. The number of para-hydroxylation sites is 1. The number of benzene rings is 2. The molecule has 3 rings (SSSR count). The Kier molecular flexibility index (Phi) is 3.87. The summed E-state index contributed by atoms with van der Waals surface area (Å²) in [5.74, 6) is 0.960. The predicted molar refractivity (Wildman–Crippen MR) is 90.2 cm³/mol.